The molecule has 2 aromatic carbocycles. The molecule has 0 saturated carbocycles. The average Bonchev–Trinajstić information content (AvgIpc) is 3.02. The standard InChI is InChI=1S/C25H26N4O5S/c26-25(32)23-24(31)20(8-5-15-29(23)35(33,34)22-9-3-4-14-27-22)28-21(30)13-11-17-10-12-18-6-1-2-7-19(18)16-17/h1-4,6-7,9-10,12,14,16,20,23H,5,8,11,13,15H2,(H2,26,32)(H,28,30)/t20-,23?/m0/s1. The van der Waals surface area contributed by atoms with E-state index < -0.39 is 33.8 Å². The summed E-state index contributed by atoms with van der Waals surface area (Å²) in [5, 5.41) is 4.57. The average molecular weight is 495 g/mol. The molecule has 35 heavy (non-hydrogen) atoms. The first kappa shape index (κ1) is 24.5. The van der Waals surface area contributed by atoms with E-state index in [0.717, 1.165) is 20.6 Å². The summed E-state index contributed by atoms with van der Waals surface area (Å²) in [6.07, 6.45) is 2.37. The smallest absolute Gasteiger partial charge is 0.261 e. The zero-order valence-electron chi connectivity index (χ0n) is 19.0. The number of carbonyl (C=O) groups excluding carboxylic acids is 3. The minimum atomic E-state index is -4.24. The number of fused-ring (bicyclic) bond motifs is 1. The summed E-state index contributed by atoms with van der Waals surface area (Å²) in [5.41, 5.74) is 6.45. The Labute approximate surface area is 203 Å². The fraction of sp³-hybridized carbons (Fsp3) is 0.280. The van der Waals surface area contributed by atoms with Crippen LogP contribution in [0.4, 0.5) is 0 Å². The number of nitrogens with two attached hydrogens (primary N) is 1. The molecule has 10 heteroatoms. The number of ketones is 1. The fourth-order valence-electron chi connectivity index (χ4n) is 4.28. The van der Waals surface area contributed by atoms with Gasteiger partial charge >= 0.3 is 0 Å². The van der Waals surface area contributed by atoms with E-state index in [1.807, 2.05) is 42.5 Å². The van der Waals surface area contributed by atoms with Crippen LogP contribution in [0.2, 0.25) is 0 Å². The van der Waals surface area contributed by atoms with Crippen molar-refractivity contribution in [2.75, 3.05) is 6.54 Å². The van der Waals surface area contributed by atoms with Crippen molar-refractivity contribution in [1.29, 1.82) is 0 Å². The molecule has 182 valence electrons. The molecule has 1 aliphatic heterocycles. The predicted octanol–water partition coefficient (Wildman–Crippen LogP) is 1.56. The number of aryl methyl sites for hydroxylation is 1. The van der Waals surface area contributed by atoms with Crippen molar-refractivity contribution < 1.29 is 22.8 Å². The van der Waals surface area contributed by atoms with Crippen molar-refractivity contribution in [2.24, 2.45) is 5.73 Å². The van der Waals surface area contributed by atoms with Crippen LogP contribution in [0.3, 0.4) is 0 Å². The van der Waals surface area contributed by atoms with Crippen molar-refractivity contribution in [2.45, 2.75) is 42.8 Å². The predicted molar refractivity (Wildman–Crippen MR) is 130 cm³/mol. The highest BCUT2D eigenvalue weighted by molar-refractivity contribution is 7.89. The molecule has 0 spiro atoms. The van der Waals surface area contributed by atoms with Gasteiger partial charge in [-0.05, 0) is 47.7 Å². The zero-order chi connectivity index (χ0) is 25.0. The maximum Gasteiger partial charge on any atom is 0.261 e. The van der Waals surface area contributed by atoms with E-state index in [2.05, 4.69) is 10.3 Å². The maximum atomic E-state index is 13.2. The number of carbonyl (C=O) groups is 3. The summed E-state index contributed by atoms with van der Waals surface area (Å²) in [6, 6.07) is 15.5. The zero-order valence-corrected chi connectivity index (χ0v) is 19.8. The van der Waals surface area contributed by atoms with Crippen molar-refractivity contribution in [3.63, 3.8) is 0 Å². The lowest BCUT2D eigenvalue weighted by Gasteiger charge is -2.26. The van der Waals surface area contributed by atoms with E-state index in [4.69, 9.17) is 5.73 Å². The minimum absolute atomic E-state index is 0.0955. The number of pyridine rings is 1. The van der Waals surface area contributed by atoms with E-state index in [-0.39, 0.29) is 36.7 Å². The molecule has 0 bridgehead atoms. The number of hydrogen-bond acceptors (Lipinski definition) is 6. The van der Waals surface area contributed by atoms with Crippen LogP contribution in [-0.2, 0) is 30.8 Å². The number of sulfonamides is 1. The summed E-state index contributed by atoms with van der Waals surface area (Å²) in [6.45, 7) is -0.0955. The lowest BCUT2D eigenvalue weighted by Crippen LogP contribution is -2.56. The first-order valence-corrected chi connectivity index (χ1v) is 12.7. The number of nitrogens with zero attached hydrogens (tertiary/aromatic N) is 2. The number of Topliss-reactive ketones (excluding diaryl/α,β-unsaturated/α-hetero) is 1. The van der Waals surface area contributed by atoms with Crippen LogP contribution in [0.1, 0.15) is 24.8 Å². The third kappa shape index (κ3) is 5.39. The van der Waals surface area contributed by atoms with Crippen LogP contribution in [0.5, 0.6) is 0 Å². The van der Waals surface area contributed by atoms with Gasteiger partial charge in [0.15, 0.2) is 16.9 Å². The molecule has 3 aromatic rings. The highest BCUT2D eigenvalue weighted by Crippen LogP contribution is 2.23. The summed E-state index contributed by atoms with van der Waals surface area (Å²) >= 11 is 0. The molecule has 1 saturated heterocycles. The topological polar surface area (TPSA) is 140 Å². The first-order chi connectivity index (χ1) is 16.8. The first-order valence-electron chi connectivity index (χ1n) is 11.3. The Morgan fingerprint density at radius 3 is 2.51 bits per heavy atom. The van der Waals surface area contributed by atoms with Gasteiger partial charge in [-0.15, -0.1) is 0 Å². The summed E-state index contributed by atoms with van der Waals surface area (Å²) in [5.74, 6) is -2.19. The minimum Gasteiger partial charge on any atom is -0.368 e. The number of hydrogen-bond donors (Lipinski definition) is 2. The molecule has 0 aliphatic carbocycles. The molecule has 2 atom stereocenters. The molecule has 9 nitrogen and oxygen atoms in total. The lowest BCUT2D eigenvalue weighted by atomic mass is 10.0. The van der Waals surface area contributed by atoms with Gasteiger partial charge in [-0.3, -0.25) is 14.4 Å². The van der Waals surface area contributed by atoms with Crippen LogP contribution in [0.25, 0.3) is 10.8 Å². The van der Waals surface area contributed by atoms with Gasteiger partial charge in [-0.1, -0.05) is 48.5 Å². The SMILES string of the molecule is NC(=O)C1C(=O)[C@@H](NC(=O)CCc2ccc3ccccc3c2)CCCN1S(=O)(=O)c1ccccn1. The van der Waals surface area contributed by atoms with Gasteiger partial charge in [0.1, 0.15) is 0 Å². The highest BCUT2D eigenvalue weighted by atomic mass is 32.2. The van der Waals surface area contributed by atoms with Crippen LogP contribution in [0.15, 0.2) is 71.9 Å². The number of nitrogens with one attached hydrogen (secondary N) is 1. The van der Waals surface area contributed by atoms with Gasteiger partial charge < -0.3 is 11.1 Å². The normalized spacial score (nSPS) is 19.3. The van der Waals surface area contributed by atoms with E-state index in [9.17, 15) is 22.8 Å². The van der Waals surface area contributed by atoms with Crippen LogP contribution in [0, 0.1) is 0 Å². The molecule has 1 fully saturated rings. The van der Waals surface area contributed by atoms with Crippen molar-refractivity contribution in [1.82, 2.24) is 14.6 Å². The lowest BCUT2D eigenvalue weighted by molar-refractivity contribution is -0.134. The number of primary amides is 1. The molecule has 1 unspecified atom stereocenters. The van der Waals surface area contributed by atoms with E-state index in [1.165, 1.54) is 18.3 Å². The number of benzene rings is 2. The number of rotatable bonds is 7. The van der Waals surface area contributed by atoms with Crippen molar-refractivity contribution >= 4 is 38.4 Å². The monoisotopic (exact) mass is 494 g/mol. The quantitative estimate of drug-likeness (QED) is 0.478. The Morgan fingerprint density at radius 1 is 1.06 bits per heavy atom. The van der Waals surface area contributed by atoms with E-state index in [0.29, 0.717) is 6.42 Å². The largest absolute Gasteiger partial charge is 0.368 e. The molecular weight excluding hydrogens is 468 g/mol. The summed E-state index contributed by atoms with van der Waals surface area (Å²) in [4.78, 5) is 41.9. The molecule has 1 aromatic heterocycles. The molecular formula is C25H26N4O5S. The van der Waals surface area contributed by atoms with E-state index in [1.54, 1.807) is 6.07 Å². The van der Waals surface area contributed by atoms with Crippen molar-refractivity contribution in [3.05, 3.63) is 72.4 Å². The Morgan fingerprint density at radius 2 is 1.80 bits per heavy atom. The second-order valence-electron chi connectivity index (χ2n) is 8.43. The maximum absolute atomic E-state index is 13.2. The highest BCUT2D eigenvalue weighted by Gasteiger charge is 2.44. The molecule has 1 aliphatic rings. The third-order valence-electron chi connectivity index (χ3n) is 6.04. The van der Waals surface area contributed by atoms with Crippen LogP contribution < -0.4 is 11.1 Å². The van der Waals surface area contributed by atoms with Gasteiger partial charge in [0.2, 0.25) is 11.8 Å². The summed E-state index contributed by atoms with van der Waals surface area (Å²) in [7, 11) is -4.24. The molecule has 0 radical (unpaired) electrons. The molecule has 3 N–H and O–H groups in total. The van der Waals surface area contributed by atoms with Crippen molar-refractivity contribution in [3.8, 4) is 0 Å². The number of aromatic nitrogens is 1. The Hall–Kier alpha value is -3.63. The Balaban J connectivity index is 1.46. The van der Waals surface area contributed by atoms with E-state index >= 15 is 0 Å². The van der Waals surface area contributed by atoms with Gasteiger partial charge in [0.05, 0.1) is 6.04 Å². The summed E-state index contributed by atoms with van der Waals surface area (Å²) < 4.78 is 27.0. The fourth-order valence-corrected chi connectivity index (χ4v) is 5.82. The second-order valence-corrected chi connectivity index (χ2v) is 10.3. The second kappa shape index (κ2) is 10.3. The Kier molecular flexibility index (Phi) is 7.23. The van der Waals surface area contributed by atoms with Gasteiger partial charge in [-0.25, -0.2) is 13.4 Å². The van der Waals surface area contributed by atoms with Gasteiger partial charge in [0.25, 0.3) is 10.0 Å². The third-order valence-corrected chi connectivity index (χ3v) is 7.82. The van der Waals surface area contributed by atoms with Crippen LogP contribution >= 0.6 is 0 Å². The van der Waals surface area contributed by atoms with Crippen LogP contribution in [-0.4, -0.2) is 53.9 Å². The molecule has 2 heterocycles. The Bertz CT molecular complexity index is 1360. The molecule has 2 amide bonds. The van der Waals surface area contributed by atoms with Gasteiger partial charge in [-0.2, -0.15) is 4.31 Å². The number of amides is 2. The molecule has 4 rings (SSSR count). The van der Waals surface area contributed by atoms with Gasteiger partial charge in [0, 0.05) is 19.2 Å².